The first-order chi connectivity index (χ1) is 15.8. The minimum Gasteiger partial charge on any atom is -0.336 e. The Morgan fingerprint density at radius 1 is 1.03 bits per heavy atom. The van der Waals surface area contributed by atoms with E-state index in [1.54, 1.807) is 0 Å². The van der Waals surface area contributed by atoms with Gasteiger partial charge in [-0.1, -0.05) is 61.9 Å². The van der Waals surface area contributed by atoms with Gasteiger partial charge in [-0.2, -0.15) is 18.4 Å². The van der Waals surface area contributed by atoms with Crippen LogP contribution in [0.2, 0.25) is 0 Å². The number of amides is 1. The summed E-state index contributed by atoms with van der Waals surface area (Å²) in [5.74, 6) is -1.62. The van der Waals surface area contributed by atoms with Gasteiger partial charge in [-0.25, -0.2) is 0 Å². The fourth-order valence-electron chi connectivity index (χ4n) is 3.95. The fourth-order valence-corrected chi connectivity index (χ4v) is 3.95. The summed E-state index contributed by atoms with van der Waals surface area (Å²) in [6.07, 6.45) is 0.733. The molecule has 33 heavy (non-hydrogen) atoms. The molecule has 3 nitrogen and oxygen atoms in total. The number of alkyl halides is 3. The van der Waals surface area contributed by atoms with Gasteiger partial charge in [0.05, 0.1) is 12.0 Å². The minimum absolute atomic E-state index is 0.0625. The SMILES string of the molecule is CCCCN(C(=O)c1ccc(C(C)C(F)(F)F)cc1)C1CCC(C#N)CC1.c1ccccc1. The number of carbonyl (C=O) groups is 1. The van der Waals surface area contributed by atoms with Crippen molar-refractivity contribution in [2.45, 2.75) is 70.5 Å². The Morgan fingerprint density at radius 2 is 1.55 bits per heavy atom. The van der Waals surface area contributed by atoms with E-state index in [1.165, 1.54) is 24.3 Å². The van der Waals surface area contributed by atoms with Crippen molar-refractivity contribution in [3.05, 3.63) is 71.8 Å². The molecule has 1 unspecified atom stereocenters. The van der Waals surface area contributed by atoms with Crippen molar-refractivity contribution in [3.63, 3.8) is 0 Å². The second kappa shape index (κ2) is 13.0. The van der Waals surface area contributed by atoms with Crippen molar-refractivity contribution >= 4 is 5.91 Å². The molecule has 178 valence electrons. The van der Waals surface area contributed by atoms with Crippen molar-refractivity contribution in [1.82, 2.24) is 4.90 Å². The number of benzene rings is 2. The molecule has 0 spiro atoms. The topological polar surface area (TPSA) is 44.1 Å². The maximum absolute atomic E-state index is 13.0. The van der Waals surface area contributed by atoms with Crippen LogP contribution in [0.15, 0.2) is 60.7 Å². The first kappa shape index (κ1) is 26.4. The van der Waals surface area contributed by atoms with Crippen LogP contribution in [0.3, 0.4) is 0 Å². The summed E-state index contributed by atoms with van der Waals surface area (Å²) in [6.45, 7) is 3.82. The summed E-state index contributed by atoms with van der Waals surface area (Å²) in [7, 11) is 0. The van der Waals surface area contributed by atoms with Crippen molar-refractivity contribution in [3.8, 4) is 6.07 Å². The van der Waals surface area contributed by atoms with Crippen molar-refractivity contribution < 1.29 is 18.0 Å². The second-order valence-electron chi connectivity index (χ2n) is 8.53. The molecule has 0 saturated heterocycles. The molecule has 0 bridgehead atoms. The molecule has 1 atom stereocenters. The third-order valence-corrected chi connectivity index (χ3v) is 6.15. The van der Waals surface area contributed by atoms with Crippen LogP contribution in [0.1, 0.15) is 74.2 Å². The van der Waals surface area contributed by atoms with Gasteiger partial charge in [-0.15, -0.1) is 0 Å². The van der Waals surface area contributed by atoms with Crippen LogP contribution in [0, 0.1) is 17.2 Å². The Balaban J connectivity index is 0.000000554. The standard InChI is InChI=1S/C21H27F3N2O.C6H6/c1-3-4-13-26(19-11-5-16(14-25)6-12-19)20(27)18-9-7-17(8-10-18)15(2)21(22,23)24;1-2-4-6-5-3-1/h7-10,15-16,19H,3-6,11-13H2,1-2H3;1-6H. The summed E-state index contributed by atoms with van der Waals surface area (Å²) in [5.41, 5.74) is 0.584. The normalized spacial score (nSPS) is 18.9. The summed E-state index contributed by atoms with van der Waals surface area (Å²) in [5, 5.41) is 9.06. The smallest absolute Gasteiger partial charge is 0.336 e. The Morgan fingerprint density at radius 3 is 1.97 bits per heavy atom. The van der Waals surface area contributed by atoms with Crippen LogP contribution in [-0.4, -0.2) is 29.6 Å². The molecular formula is C27H33F3N2O. The lowest BCUT2D eigenvalue weighted by molar-refractivity contribution is -0.146. The lowest BCUT2D eigenvalue weighted by Crippen LogP contribution is -2.43. The first-order valence-corrected chi connectivity index (χ1v) is 11.6. The lowest BCUT2D eigenvalue weighted by Gasteiger charge is -2.36. The Labute approximate surface area is 195 Å². The maximum Gasteiger partial charge on any atom is 0.395 e. The Kier molecular flexibility index (Phi) is 10.4. The van der Waals surface area contributed by atoms with E-state index in [-0.39, 0.29) is 23.4 Å². The van der Waals surface area contributed by atoms with Crippen LogP contribution >= 0.6 is 0 Å². The average Bonchev–Trinajstić information content (AvgIpc) is 2.85. The fraction of sp³-hybridized carbons (Fsp3) is 0.481. The Hall–Kier alpha value is -2.81. The Bertz CT molecular complexity index is 840. The molecule has 2 aromatic carbocycles. The molecule has 1 fully saturated rings. The third kappa shape index (κ3) is 8.24. The van der Waals surface area contributed by atoms with Gasteiger partial charge in [-0.05, 0) is 56.7 Å². The summed E-state index contributed by atoms with van der Waals surface area (Å²) in [4.78, 5) is 14.9. The average molecular weight is 459 g/mol. The molecule has 1 amide bonds. The molecule has 0 N–H and O–H groups in total. The van der Waals surface area contributed by atoms with E-state index in [9.17, 15) is 18.0 Å². The van der Waals surface area contributed by atoms with Crippen LogP contribution in [-0.2, 0) is 0 Å². The number of nitrogens with zero attached hydrogens (tertiary/aromatic N) is 2. The number of rotatable bonds is 6. The first-order valence-electron chi connectivity index (χ1n) is 11.6. The van der Waals surface area contributed by atoms with Crippen LogP contribution in [0.4, 0.5) is 13.2 Å². The van der Waals surface area contributed by atoms with E-state index in [4.69, 9.17) is 5.26 Å². The molecule has 0 heterocycles. The van der Waals surface area contributed by atoms with Gasteiger partial charge in [0.2, 0.25) is 0 Å². The molecule has 1 aliphatic rings. The highest BCUT2D eigenvalue weighted by Gasteiger charge is 2.37. The summed E-state index contributed by atoms with van der Waals surface area (Å²) < 4.78 is 38.6. The maximum atomic E-state index is 13.0. The van der Waals surface area contributed by atoms with E-state index in [0.29, 0.717) is 12.1 Å². The highest BCUT2D eigenvalue weighted by atomic mass is 19.4. The van der Waals surface area contributed by atoms with Gasteiger partial charge in [0, 0.05) is 24.1 Å². The molecule has 3 rings (SSSR count). The largest absolute Gasteiger partial charge is 0.395 e. The number of carbonyl (C=O) groups excluding carboxylic acids is 1. The minimum atomic E-state index is -4.29. The zero-order valence-electron chi connectivity index (χ0n) is 19.4. The molecule has 0 aromatic heterocycles. The molecular weight excluding hydrogens is 425 g/mol. The molecule has 1 saturated carbocycles. The summed E-state index contributed by atoms with van der Waals surface area (Å²) in [6, 6.07) is 20.2. The number of unbranched alkanes of at least 4 members (excludes halogenated alkanes) is 1. The van der Waals surface area contributed by atoms with Crippen LogP contribution in [0.5, 0.6) is 0 Å². The monoisotopic (exact) mass is 458 g/mol. The van der Waals surface area contributed by atoms with Crippen molar-refractivity contribution in [2.75, 3.05) is 6.54 Å². The predicted molar refractivity (Wildman–Crippen MR) is 125 cm³/mol. The van der Waals surface area contributed by atoms with E-state index >= 15 is 0 Å². The van der Waals surface area contributed by atoms with Gasteiger partial charge in [0.15, 0.2) is 0 Å². The number of hydrogen-bond donors (Lipinski definition) is 0. The lowest BCUT2D eigenvalue weighted by atomic mass is 9.86. The predicted octanol–water partition coefficient (Wildman–Crippen LogP) is 7.36. The van der Waals surface area contributed by atoms with Crippen LogP contribution < -0.4 is 0 Å². The molecule has 0 radical (unpaired) electrons. The van der Waals surface area contributed by atoms with E-state index in [0.717, 1.165) is 45.4 Å². The van der Waals surface area contributed by atoms with Crippen molar-refractivity contribution in [2.24, 2.45) is 5.92 Å². The van der Waals surface area contributed by atoms with E-state index in [2.05, 4.69) is 13.0 Å². The molecule has 0 aliphatic heterocycles. The molecule has 1 aliphatic carbocycles. The summed E-state index contributed by atoms with van der Waals surface area (Å²) >= 11 is 0. The highest BCUT2D eigenvalue weighted by Crippen LogP contribution is 2.34. The number of nitriles is 1. The van der Waals surface area contributed by atoms with Gasteiger partial charge >= 0.3 is 6.18 Å². The van der Waals surface area contributed by atoms with Crippen molar-refractivity contribution in [1.29, 1.82) is 5.26 Å². The van der Waals surface area contributed by atoms with Crippen LogP contribution in [0.25, 0.3) is 0 Å². The van der Waals surface area contributed by atoms with Gasteiger partial charge < -0.3 is 4.90 Å². The molecule has 2 aromatic rings. The zero-order chi connectivity index (χ0) is 24.3. The zero-order valence-corrected chi connectivity index (χ0v) is 19.4. The van der Waals surface area contributed by atoms with E-state index < -0.39 is 12.1 Å². The van der Waals surface area contributed by atoms with E-state index in [1.807, 2.05) is 41.3 Å². The van der Waals surface area contributed by atoms with Gasteiger partial charge in [0.25, 0.3) is 5.91 Å². The van der Waals surface area contributed by atoms with Gasteiger partial charge in [0.1, 0.15) is 0 Å². The van der Waals surface area contributed by atoms with Gasteiger partial charge in [-0.3, -0.25) is 4.79 Å². The number of halogens is 3. The highest BCUT2D eigenvalue weighted by molar-refractivity contribution is 5.94. The quantitative estimate of drug-likeness (QED) is 0.454. The second-order valence-corrected chi connectivity index (χ2v) is 8.53. The molecule has 6 heteroatoms. The third-order valence-electron chi connectivity index (χ3n) is 6.15. The number of hydrogen-bond acceptors (Lipinski definition) is 2.